The van der Waals surface area contributed by atoms with Crippen molar-refractivity contribution >= 4 is 17.9 Å². The molecule has 0 unspecified atom stereocenters. The van der Waals surface area contributed by atoms with Gasteiger partial charge in [0.2, 0.25) is 0 Å². The lowest BCUT2D eigenvalue weighted by molar-refractivity contribution is -0.122. The Morgan fingerprint density at radius 1 is 1.26 bits per heavy atom. The van der Waals surface area contributed by atoms with Crippen molar-refractivity contribution in [3.63, 3.8) is 0 Å². The zero-order chi connectivity index (χ0) is 13.7. The standard InChI is InChI=1S/C14H13N3O2/c1-17(14(19)13-15-9-10-16-13)12(18)8-7-11-5-3-2-4-6-11/h2-10H,1H3,(H,15,16)/b8-7+. The quantitative estimate of drug-likeness (QED) is 0.849. The van der Waals surface area contributed by atoms with Gasteiger partial charge in [-0.2, -0.15) is 0 Å². The van der Waals surface area contributed by atoms with Crippen molar-refractivity contribution in [3.8, 4) is 0 Å². The molecule has 0 aliphatic rings. The van der Waals surface area contributed by atoms with E-state index >= 15 is 0 Å². The van der Waals surface area contributed by atoms with Crippen LogP contribution in [0.25, 0.3) is 6.08 Å². The molecule has 1 heterocycles. The fourth-order valence-corrected chi connectivity index (χ4v) is 1.48. The van der Waals surface area contributed by atoms with Crippen molar-refractivity contribution in [2.45, 2.75) is 0 Å². The minimum atomic E-state index is -0.465. The lowest BCUT2D eigenvalue weighted by Crippen LogP contribution is -2.32. The molecule has 0 saturated heterocycles. The van der Waals surface area contributed by atoms with Crippen LogP contribution in [-0.4, -0.2) is 33.7 Å². The Morgan fingerprint density at radius 2 is 2.00 bits per heavy atom. The highest BCUT2D eigenvalue weighted by atomic mass is 16.2. The molecule has 96 valence electrons. The monoisotopic (exact) mass is 255 g/mol. The van der Waals surface area contributed by atoms with E-state index < -0.39 is 11.8 Å². The number of amides is 2. The van der Waals surface area contributed by atoms with Crippen LogP contribution in [0, 0.1) is 0 Å². The van der Waals surface area contributed by atoms with E-state index in [1.807, 2.05) is 30.3 Å². The van der Waals surface area contributed by atoms with Crippen molar-refractivity contribution in [3.05, 3.63) is 60.2 Å². The number of nitrogens with one attached hydrogen (secondary N) is 1. The molecule has 0 spiro atoms. The summed E-state index contributed by atoms with van der Waals surface area (Å²) in [5.74, 6) is -0.720. The van der Waals surface area contributed by atoms with Gasteiger partial charge in [-0.1, -0.05) is 30.3 Å². The third-order valence-corrected chi connectivity index (χ3v) is 2.55. The molecule has 0 aliphatic heterocycles. The van der Waals surface area contributed by atoms with E-state index in [1.165, 1.54) is 25.5 Å². The molecule has 0 aliphatic carbocycles. The molecule has 1 aromatic heterocycles. The number of H-pyrrole nitrogens is 1. The first-order valence-electron chi connectivity index (χ1n) is 5.73. The van der Waals surface area contributed by atoms with Crippen molar-refractivity contribution in [1.82, 2.24) is 14.9 Å². The molecule has 2 amide bonds. The highest BCUT2D eigenvalue weighted by Gasteiger charge is 2.18. The van der Waals surface area contributed by atoms with Gasteiger partial charge in [-0.25, -0.2) is 4.98 Å². The van der Waals surface area contributed by atoms with Gasteiger partial charge in [0.15, 0.2) is 5.82 Å². The molecule has 0 saturated carbocycles. The van der Waals surface area contributed by atoms with Crippen LogP contribution in [0.1, 0.15) is 16.2 Å². The van der Waals surface area contributed by atoms with E-state index in [0.717, 1.165) is 10.5 Å². The number of hydrogen-bond donors (Lipinski definition) is 1. The van der Waals surface area contributed by atoms with E-state index in [1.54, 1.807) is 6.08 Å². The maximum atomic E-state index is 11.8. The largest absolute Gasteiger partial charge is 0.341 e. The van der Waals surface area contributed by atoms with E-state index in [0.29, 0.717) is 0 Å². The summed E-state index contributed by atoms with van der Waals surface area (Å²) in [6.07, 6.45) is 6.02. The number of benzene rings is 1. The van der Waals surface area contributed by atoms with E-state index in [-0.39, 0.29) is 5.82 Å². The van der Waals surface area contributed by atoms with Gasteiger partial charge in [0.05, 0.1) is 0 Å². The zero-order valence-electron chi connectivity index (χ0n) is 10.4. The van der Waals surface area contributed by atoms with Crippen molar-refractivity contribution in [1.29, 1.82) is 0 Å². The SMILES string of the molecule is CN(C(=O)/C=C/c1ccccc1)C(=O)c1ncc[nH]1. The molecule has 1 N–H and O–H groups in total. The van der Waals surface area contributed by atoms with Crippen LogP contribution in [0.5, 0.6) is 0 Å². The first-order valence-corrected chi connectivity index (χ1v) is 5.73. The maximum Gasteiger partial charge on any atom is 0.296 e. The van der Waals surface area contributed by atoms with Gasteiger partial charge >= 0.3 is 0 Å². The molecule has 0 bridgehead atoms. The van der Waals surface area contributed by atoms with Crippen LogP contribution in [0.4, 0.5) is 0 Å². The van der Waals surface area contributed by atoms with E-state index in [4.69, 9.17) is 0 Å². The predicted octanol–water partition coefficient (Wildman–Crippen LogP) is 1.72. The number of likely N-dealkylation sites (N-methyl/N-ethyl adjacent to an activating group) is 1. The molecule has 5 heteroatoms. The lowest BCUT2D eigenvalue weighted by atomic mass is 10.2. The van der Waals surface area contributed by atoms with E-state index in [9.17, 15) is 9.59 Å². The molecule has 5 nitrogen and oxygen atoms in total. The minimum absolute atomic E-state index is 0.143. The number of rotatable bonds is 3. The first-order chi connectivity index (χ1) is 9.18. The topological polar surface area (TPSA) is 66.1 Å². The number of nitrogens with zero attached hydrogens (tertiary/aromatic N) is 2. The Hall–Kier alpha value is -2.69. The van der Waals surface area contributed by atoms with Gasteiger partial charge in [0.25, 0.3) is 11.8 Å². The fourth-order valence-electron chi connectivity index (χ4n) is 1.48. The average molecular weight is 255 g/mol. The zero-order valence-corrected chi connectivity index (χ0v) is 10.4. The third-order valence-electron chi connectivity index (χ3n) is 2.55. The van der Waals surface area contributed by atoms with Gasteiger partial charge in [0.1, 0.15) is 0 Å². The van der Waals surface area contributed by atoms with Crippen molar-refractivity contribution in [2.24, 2.45) is 0 Å². The van der Waals surface area contributed by atoms with Gasteiger partial charge in [-0.3, -0.25) is 14.5 Å². The van der Waals surface area contributed by atoms with Crippen LogP contribution < -0.4 is 0 Å². The average Bonchev–Trinajstić information content (AvgIpc) is 2.98. The highest BCUT2D eigenvalue weighted by Crippen LogP contribution is 2.03. The summed E-state index contributed by atoms with van der Waals surface area (Å²) in [6, 6.07) is 9.39. The predicted molar refractivity (Wildman–Crippen MR) is 71.2 cm³/mol. The summed E-state index contributed by atoms with van der Waals surface area (Å²) < 4.78 is 0. The third kappa shape index (κ3) is 3.16. The summed E-state index contributed by atoms with van der Waals surface area (Å²) in [4.78, 5) is 31.2. The van der Waals surface area contributed by atoms with Gasteiger partial charge < -0.3 is 4.98 Å². The molecule has 2 aromatic rings. The number of carbonyl (C=O) groups excluding carboxylic acids is 2. The van der Waals surface area contributed by atoms with Gasteiger partial charge in [0, 0.05) is 25.5 Å². The Balaban J connectivity index is 2.04. The summed E-state index contributed by atoms with van der Waals surface area (Å²) in [5.41, 5.74) is 0.898. The molecule has 0 fully saturated rings. The molecular weight excluding hydrogens is 242 g/mol. The molecular formula is C14H13N3O2. The van der Waals surface area contributed by atoms with Gasteiger partial charge in [-0.15, -0.1) is 0 Å². The number of aromatic amines is 1. The second-order valence-electron chi connectivity index (χ2n) is 3.88. The molecule has 0 atom stereocenters. The Labute approximate surface area is 110 Å². The van der Waals surface area contributed by atoms with E-state index in [2.05, 4.69) is 9.97 Å². The van der Waals surface area contributed by atoms with Crippen LogP contribution in [0.3, 0.4) is 0 Å². The summed E-state index contributed by atoms with van der Waals surface area (Å²) in [5, 5.41) is 0. The Bertz CT molecular complexity index is 588. The van der Waals surface area contributed by atoms with Crippen LogP contribution >= 0.6 is 0 Å². The minimum Gasteiger partial charge on any atom is -0.341 e. The molecule has 0 radical (unpaired) electrons. The maximum absolute atomic E-state index is 11.8. The molecule has 1 aromatic carbocycles. The number of imidazole rings is 1. The lowest BCUT2D eigenvalue weighted by Gasteiger charge is -2.10. The van der Waals surface area contributed by atoms with Crippen molar-refractivity contribution in [2.75, 3.05) is 7.05 Å². The smallest absolute Gasteiger partial charge is 0.296 e. The Morgan fingerprint density at radius 3 is 2.63 bits per heavy atom. The number of aromatic nitrogens is 2. The molecule has 2 rings (SSSR count). The highest BCUT2D eigenvalue weighted by molar-refractivity contribution is 6.07. The van der Waals surface area contributed by atoms with Crippen molar-refractivity contribution < 1.29 is 9.59 Å². The number of carbonyl (C=O) groups is 2. The molecule has 19 heavy (non-hydrogen) atoms. The summed E-state index contributed by atoms with van der Waals surface area (Å²) >= 11 is 0. The second kappa shape index (κ2) is 5.77. The van der Waals surface area contributed by atoms with Crippen LogP contribution in [0.2, 0.25) is 0 Å². The number of imide groups is 1. The van der Waals surface area contributed by atoms with Gasteiger partial charge in [-0.05, 0) is 11.6 Å². The van der Waals surface area contributed by atoms with Crippen LogP contribution in [0.15, 0.2) is 48.8 Å². The fraction of sp³-hybridized carbons (Fsp3) is 0.0714. The number of hydrogen-bond acceptors (Lipinski definition) is 3. The second-order valence-corrected chi connectivity index (χ2v) is 3.88. The first kappa shape index (κ1) is 12.8. The Kier molecular flexibility index (Phi) is 3.87. The summed E-state index contributed by atoms with van der Waals surface area (Å²) in [6.45, 7) is 0. The summed E-state index contributed by atoms with van der Waals surface area (Å²) in [7, 11) is 1.42. The van der Waals surface area contributed by atoms with Crippen LogP contribution in [-0.2, 0) is 4.79 Å². The normalized spacial score (nSPS) is 10.6.